The molecule has 0 aliphatic rings. The molecule has 0 aliphatic carbocycles. The largest absolute Gasteiger partial charge is 0.392 e. The maximum Gasteiger partial charge on any atom is 0.275 e. The van der Waals surface area contributed by atoms with Gasteiger partial charge < -0.3 is 10.4 Å². The lowest BCUT2D eigenvalue weighted by Crippen LogP contribution is -2.35. The van der Waals surface area contributed by atoms with Gasteiger partial charge >= 0.3 is 0 Å². The standard InChI is InChI=1S/C15H17N3O3/c1-10-8-13(20)14(15(21)16-9-11(2)19)17-18(10)12-6-4-3-5-7-12/h3-8,11,19H,9H2,1-2H3,(H,16,21). The normalized spacial score (nSPS) is 12.0. The second kappa shape index (κ2) is 6.32. The van der Waals surface area contributed by atoms with Gasteiger partial charge in [0.25, 0.3) is 5.91 Å². The van der Waals surface area contributed by atoms with Gasteiger partial charge in [0.05, 0.1) is 11.8 Å². The van der Waals surface area contributed by atoms with Gasteiger partial charge in [-0.25, -0.2) is 4.68 Å². The number of nitrogens with one attached hydrogen (secondary N) is 1. The highest BCUT2D eigenvalue weighted by atomic mass is 16.3. The fraction of sp³-hybridized carbons (Fsp3) is 0.267. The molecule has 0 saturated carbocycles. The van der Waals surface area contributed by atoms with Crippen LogP contribution in [0.25, 0.3) is 5.69 Å². The predicted octanol–water partition coefficient (Wildman–Crippen LogP) is 0.652. The lowest BCUT2D eigenvalue weighted by molar-refractivity contribution is 0.0916. The molecule has 110 valence electrons. The summed E-state index contributed by atoms with van der Waals surface area (Å²) < 4.78 is 1.54. The fourth-order valence-corrected chi connectivity index (χ4v) is 1.86. The number of para-hydroxylation sites is 1. The van der Waals surface area contributed by atoms with Gasteiger partial charge in [0.1, 0.15) is 0 Å². The number of carbonyl (C=O) groups excluding carboxylic acids is 1. The van der Waals surface area contributed by atoms with E-state index in [1.165, 1.54) is 6.07 Å². The lowest BCUT2D eigenvalue weighted by atomic mass is 10.2. The van der Waals surface area contributed by atoms with Crippen LogP contribution in [0.1, 0.15) is 23.1 Å². The Labute approximate surface area is 122 Å². The summed E-state index contributed by atoms with van der Waals surface area (Å²) in [6, 6.07) is 10.6. The molecule has 0 aliphatic heterocycles. The highest BCUT2D eigenvalue weighted by Gasteiger charge is 2.15. The first-order valence-electron chi connectivity index (χ1n) is 6.61. The molecule has 6 heteroatoms. The molecule has 0 radical (unpaired) electrons. The molecular weight excluding hydrogens is 270 g/mol. The van der Waals surface area contributed by atoms with Gasteiger partial charge in [0.15, 0.2) is 5.69 Å². The minimum absolute atomic E-state index is 0.0686. The molecule has 1 aromatic carbocycles. The Hall–Kier alpha value is -2.47. The topological polar surface area (TPSA) is 84.2 Å². The molecule has 2 aromatic rings. The van der Waals surface area contributed by atoms with E-state index in [2.05, 4.69) is 10.4 Å². The number of amides is 1. The summed E-state index contributed by atoms with van der Waals surface area (Å²) in [5.74, 6) is -0.592. The maximum atomic E-state index is 12.0. The Bertz CT molecular complexity index is 693. The van der Waals surface area contributed by atoms with Crippen LogP contribution in [-0.4, -0.2) is 33.4 Å². The van der Waals surface area contributed by atoms with Crippen molar-refractivity contribution in [3.8, 4) is 5.69 Å². The average Bonchev–Trinajstić information content (AvgIpc) is 2.46. The Morgan fingerprint density at radius 1 is 1.38 bits per heavy atom. The minimum Gasteiger partial charge on any atom is -0.392 e. The van der Waals surface area contributed by atoms with Gasteiger partial charge in [0.2, 0.25) is 5.43 Å². The van der Waals surface area contributed by atoms with Crippen molar-refractivity contribution < 1.29 is 9.90 Å². The van der Waals surface area contributed by atoms with Crippen molar-refractivity contribution in [1.29, 1.82) is 0 Å². The Morgan fingerprint density at radius 3 is 2.67 bits per heavy atom. The smallest absolute Gasteiger partial charge is 0.275 e. The number of hydrogen-bond acceptors (Lipinski definition) is 4. The third kappa shape index (κ3) is 3.55. The van der Waals surface area contributed by atoms with E-state index >= 15 is 0 Å². The van der Waals surface area contributed by atoms with Crippen LogP contribution in [-0.2, 0) is 0 Å². The third-order valence-corrected chi connectivity index (χ3v) is 2.88. The van der Waals surface area contributed by atoms with Crippen LogP contribution >= 0.6 is 0 Å². The van der Waals surface area contributed by atoms with Crippen LogP contribution in [0.2, 0.25) is 0 Å². The second-order valence-electron chi connectivity index (χ2n) is 4.80. The second-order valence-corrected chi connectivity index (χ2v) is 4.80. The monoisotopic (exact) mass is 287 g/mol. The van der Waals surface area contributed by atoms with E-state index in [4.69, 9.17) is 0 Å². The zero-order valence-corrected chi connectivity index (χ0v) is 11.9. The van der Waals surface area contributed by atoms with Gasteiger partial charge in [0, 0.05) is 18.3 Å². The van der Waals surface area contributed by atoms with E-state index in [1.807, 2.05) is 30.3 Å². The SMILES string of the molecule is Cc1cc(=O)c(C(=O)NCC(C)O)nn1-c1ccccc1. The summed E-state index contributed by atoms with van der Waals surface area (Å²) in [5.41, 5.74) is 0.769. The number of aliphatic hydroxyl groups is 1. The molecule has 1 unspecified atom stereocenters. The predicted molar refractivity (Wildman–Crippen MR) is 78.6 cm³/mol. The van der Waals surface area contributed by atoms with E-state index in [0.717, 1.165) is 5.69 Å². The zero-order valence-electron chi connectivity index (χ0n) is 11.9. The van der Waals surface area contributed by atoms with E-state index in [1.54, 1.807) is 18.5 Å². The maximum absolute atomic E-state index is 12.0. The van der Waals surface area contributed by atoms with Gasteiger partial charge in [-0.3, -0.25) is 9.59 Å². The van der Waals surface area contributed by atoms with E-state index in [9.17, 15) is 14.7 Å². The molecule has 6 nitrogen and oxygen atoms in total. The molecule has 1 heterocycles. The van der Waals surface area contributed by atoms with Crippen LogP contribution in [0, 0.1) is 6.92 Å². The third-order valence-electron chi connectivity index (χ3n) is 2.88. The van der Waals surface area contributed by atoms with E-state index in [0.29, 0.717) is 5.69 Å². The number of hydrogen-bond donors (Lipinski definition) is 2. The summed E-state index contributed by atoms with van der Waals surface area (Å²) in [6.07, 6.45) is -0.684. The summed E-state index contributed by atoms with van der Waals surface area (Å²) in [4.78, 5) is 23.9. The van der Waals surface area contributed by atoms with Crippen molar-refractivity contribution in [3.05, 3.63) is 58.0 Å². The number of aryl methyl sites for hydroxylation is 1. The molecule has 0 spiro atoms. The lowest BCUT2D eigenvalue weighted by Gasteiger charge is -2.11. The summed E-state index contributed by atoms with van der Waals surface area (Å²) >= 11 is 0. The number of benzene rings is 1. The quantitative estimate of drug-likeness (QED) is 0.865. The molecule has 0 bridgehead atoms. The first-order valence-corrected chi connectivity index (χ1v) is 6.61. The van der Waals surface area contributed by atoms with E-state index < -0.39 is 17.4 Å². The van der Waals surface area contributed by atoms with Gasteiger partial charge in [-0.1, -0.05) is 18.2 Å². The van der Waals surface area contributed by atoms with Gasteiger partial charge in [-0.05, 0) is 26.0 Å². The first kappa shape index (κ1) is 14.9. The van der Waals surface area contributed by atoms with E-state index in [-0.39, 0.29) is 12.2 Å². The van der Waals surface area contributed by atoms with Crippen LogP contribution < -0.4 is 10.7 Å². The molecule has 1 atom stereocenters. The van der Waals surface area contributed by atoms with Crippen LogP contribution in [0.15, 0.2) is 41.2 Å². The van der Waals surface area contributed by atoms with Crippen molar-refractivity contribution in [3.63, 3.8) is 0 Å². The highest BCUT2D eigenvalue weighted by molar-refractivity contribution is 5.92. The fourth-order valence-electron chi connectivity index (χ4n) is 1.86. The summed E-state index contributed by atoms with van der Waals surface area (Å²) in [7, 11) is 0. The van der Waals surface area contributed by atoms with Crippen molar-refractivity contribution in [2.24, 2.45) is 0 Å². The Kier molecular flexibility index (Phi) is 4.49. The summed E-state index contributed by atoms with van der Waals surface area (Å²) in [5, 5.41) is 15.8. The molecular formula is C15H17N3O3. The van der Waals surface area contributed by atoms with Gasteiger partial charge in [-0.15, -0.1) is 0 Å². The molecule has 2 rings (SSSR count). The highest BCUT2D eigenvalue weighted by Crippen LogP contribution is 2.07. The number of carbonyl (C=O) groups is 1. The molecule has 21 heavy (non-hydrogen) atoms. The van der Waals surface area contributed by atoms with Crippen molar-refractivity contribution in [1.82, 2.24) is 15.1 Å². The zero-order chi connectivity index (χ0) is 15.4. The minimum atomic E-state index is -0.684. The molecule has 1 amide bonds. The van der Waals surface area contributed by atoms with Crippen molar-refractivity contribution in [2.75, 3.05) is 6.54 Å². The Balaban J connectivity index is 2.40. The molecule has 1 aromatic heterocycles. The number of aromatic nitrogens is 2. The van der Waals surface area contributed by atoms with Crippen molar-refractivity contribution in [2.45, 2.75) is 20.0 Å². The van der Waals surface area contributed by atoms with Crippen molar-refractivity contribution >= 4 is 5.91 Å². The first-order chi connectivity index (χ1) is 9.99. The average molecular weight is 287 g/mol. The van der Waals surface area contributed by atoms with Crippen LogP contribution in [0.4, 0.5) is 0 Å². The summed E-state index contributed by atoms with van der Waals surface area (Å²) in [6.45, 7) is 3.36. The van der Waals surface area contributed by atoms with Gasteiger partial charge in [-0.2, -0.15) is 5.10 Å². The number of rotatable bonds is 4. The molecule has 0 fully saturated rings. The number of nitrogens with zero attached hydrogens (tertiary/aromatic N) is 2. The van der Waals surface area contributed by atoms with Crippen LogP contribution in [0.5, 0.6) is 0 Å². The molecule has 2 N–H and O–H groups in total. The Morgan fingerprint density at radius 2 is 2.05 bits per heavy atom. The number of aliphatic hydroxyl groups excluding tert-OH is 1. The van der Waals surface area contributed by atoms with Crippen LogP contribution in [0.3, 0.4) is 0 Å². The molecule has 0 saturated heterocycles.